The van der Waals surface area contributed by atoms with Crippen molar-refractivity contribution in [1.82, 2.24) is 0 Å². The van der Waals surface area contributed by atoms with Gasteiger partial charge in [-0.05, 0) is 68.8 Å². The van der Waals surface area contributed by atoms with E-state index in [4.69, 9.17) is 13.1 Å². The molecule has 6 aromatic carbocycles. The molecule has 1 spiro atoms. The highest BCUT2D eigenvalue weighted by molar-refractivity contribution is 5.96. The zero-order valence-corrected chi connectivity index (χ0v) is 22.6. The summed E-state index contributed by atoms with van der Waals surface area (Å²) in [5.41, 5.74) is 13.3. The lowest BCUT2D eigenvalue weighted by atomic mass is 9.64. The van der Waals surface area contributed by atoms with Crippen molar-refractivity contribution in [2.24, 2.45) is 0 Å². The molecule has 8 rings (SSSR count). The predicted molar refractivity (Wildman–Crippen MR) is 170 cm³/mol. The van der Waals surface area contributed by atoms with Crippen LogP contribution < -0.4 is 4.90 Å². The first-order valence-corrected chi connectivity index (χ1v) is 13.9. The van der Waals surface area contributed by atoms with Gasteiger partial charge in [0.05, 0.1) is 29.9 Å². The van der Waals surface area contributed by atoms with Crippen LogP contribution in [0.25, 0.3) is 31.9 Å². The van der Waals surface area contributed by atoms with E-state index >= 15 is 0 Å². The SMILES string of the molecule is [C-]#[N+]c1cc([N+]#[C-])cc(-c2cccc(N3c4ccccc4C4(c5ccccc5-c5ccccc54)c4ccccc43)c2)c1. The van der Waals surface area contributed by atoms with Gasteiger partial charge in [0.2, 0.25) is 0 Å². The fraction of sp³-hybridized carbons (Fsp3) is 0.0256. The minimum Gasteiger partial charge on any atom is -0.310 e. The van der Waals surface area contributed by atoms with Gasteiger partial charge in [-0.3, -0.25) is 0 Å². The Balaban J connectivity index is 1.40. The average Bonchev–Trinajstić information content (AvgIpc) is 3.36. The highest BCUT2D eigenvalue weighted by Crippen LogP contribution is 2.63. The van der Waals surface area contributed by atoms with Gasteiger partial charge >= 0.3 is 0 Å². The van der Waals surface area contributed by atoms with Gasteiger partial charge in [0.15, 0.2) is 11.4 Å². The highest BCUT2D eigenvalue weighted by atomic mass is 15.2. The van der Waals surface area contributed by atoms with E-state index in [1.165, 1.54) is 33.4 Å². The Morgan fingerprint density at radius 1 is 0.452 bits per heavy atom. The van der Waals surface area contributed by atoms with Gasteiger partial charge < -0.3 is 4.90 Å². The van der Waals surface area contributed by atoms with E-state index in [1.54, 1.807) is 6.07 Å². The van der Waals surface area contributed by atoms with E-state index in [-0.39, 0.29) is 0 Å². The van der Waals surface area contributed by atoms with Crippen LogP contribution in [0.3, 0.4) is 0 Å². The van der Waals surface area contributed by atoms with Crippen LogP contribution in [0.2, 0.25) is 0 Å². The molecule has 0 fully saturated rings. The number of hydrogen-bond donors (Lipinski definition) is 0. The summed E-state index contributed by atoms with van der Waals surface area (Å²) in [6, 6.07) is 49.0. The van der Waals surface area contributed by atoms with E-state index < -0.39 is 5.41 Å². The molecule has 42 heavy (non-hydrogen) atoms. The number of benzene rings is 6. The van der Waals surface area contributed by atoms with E-state index in [2.05, 4.69) is 130 Å². The Morgan fingerprint density at radius 3 is 1.50 bits per heavy atom. The van der Waals surface area contributed by atoms with E-state index in [0.717, 1.165) is 28.2 Å². The van der Waals surface area contributed by atoms with Crippen molar-refractivity contribution in [3.63, 3.8) is 0 Å². The molecule has 0 bridgehead atoms. The standard InChI is InChI=1S/C39H23N3/c1-40-28-22-27(23-29(25-28)41-2)26-12-11-13-30(24-26)42-37-20-9-7-18-35(37)39(36-19-8-10-21-38(36)42)33-16-5-3-14-31(33)32-15-4-6-17-34(32)39/h3-25H. The maximum absolute atomic E-state index is 7.54. The summed E-state index contributed by atoms with van der Waals surface area (Å²) in [7, 11) is 0. The first-order valence-electron chi connectivity index (χ1n) is 13.9. The third kappa shape index (κ3) is 3.20. The quantitative estimate of drug-likeness (QED) is 0.201. The van der Waals surface area contributed by atoms with Gasteiger partial charge in [-0.25, -0.2) is 9.69 Å². The molecule has 0 amide bonds. The zero-order chi connectivity index (χ0) is 28.3. The van der Waals surface area contributed by atoms with Gasteiger partial charge in [-0.2, -0.15) is 0 Å². The van der Waals surface area contributed by atoms with Crippen LogP contribution in [0, 0.1) is 13.1 Å². The molecule has 1 heterocycles. The smallest absolute Gasteiger partial charge is 0.177 e. The molecule has 0 atom stereocenters. The van der Waals surface area contributed by atoms with Crippen molar-refractivity contribution in [3.8, 4) is 22.3 Å². The lowest BCUT2D eigenvalue weighted by Crippen LogP contribution is -2.36. The first kappa shape index (κ1) is 23.9. The molecule has 0 saturated heterocycles. The van der Waals surface area contributed by atoms with Crippen molar-refractivity contribution in [1.29, 1.82) is 0 Å². The monoisotopic (exact) mass is 533 g/mol. The summed E-state index contributed by atoms with van der Waals surface area (Å²) in [6.07, 6.45) is 0. The lowest BCUT2D eigenvalue weighted by Gasteiger charge is -2.45. The number of nitrogens with zero attached hydrogens (tertiary/aromatic N) is 3. The van der Waals surface area contributed by atoms with Crippen molar-refractivity contribution in [3.05, 3.63) is 185 Å². The van der Waals surface area contributed by atoms with Gasteiger partial charge in [-0.1, -0.05) is 115 Å². The van der Waals surface area contributed by atoms with Crippen LogP contribution in [0.4, 0.5) is 28.4 Å². The fourth-order valence-electron chi connectivity index (χ4n) is 7.06. The second-order valence-corrected chi connectivity index (χ2v) is 10.7. The van der Waals surface area contributed by atoms with Crippen molar-refractivity contribution >= 4 is 28.4 Å². The normalized spacial score (nSPS) is 13.3. The molecule has 1 aliphatic heterocycles. The molecular formula is C39H23N3. The Labute approximate surface area is 245 Å². The number of rotatable bonds is 2. The molecule has 3 nitrogen and oxygen atoms in total. The summed E-state index contributed by atoms with van der Waals surface area (Å²) >= 11 is 0. The van der Waals surface area contributed by atoms with E-state index in [1.807, 2.05) is 18.2 Å². The maximum Gasteiger partial charge on any atom is 0.177 e. The van der Waals surface area contributed by atoms with E-state index in [9.17, 15) is 0 Å². The van der Waals surface area contributed by atoms with Crippen LogP contribution >= 0.6 is 0 Å². The topological polar surface area (TPSA) is 12.0 Å². The number of para-hydroxylation sites is 2. The van der Waals surface area contributed by atoms with E-state index in [0.29, 0.717) is 11.4 Å². The van der Waals surface area contributed by atoms with Crippen molar-refractivity contribution < 1.29 is 0 Å². The number of hydrogen-bond acceptors (Lipinski definition) is 1. The zero-order valence-electron chi connectivity index (χ0n) is 22.6. The van der Waals surface area contributed by atoms with Crippen molar-refractivity contribution in [2.45, 2.75) is 5.41 Å². The molecule has 0 N–H and O–H groups in total. The molecule has 3 heteroatoms. The molecule has 194 valence electrons. The van der Waals surface area contributed by atoms with Gasteiger partial charge in [0.25, 0.3) is 0 Å². The summed E-state index contributed by atoms with van der Waals surface area (Å²) in [6.45, 7) is 15.1. The highest BCUT2D eigenvalue weighted by Gasteiger charge is 2.51. The average molecular weight is 534 g/mol. The van der Waals surface area contributed by atoms with Crippen LogP contribution in [0.15, 0.2) is 140 Å². The molecule has 2 aliphatic rings. The number of anilines is 3. The van der Waals surface area contributed by atoms with Crippen LogP contribution in [-0.2, 0) is 5.41 Å². The Bertz CT molecular complexity index is 2020. The second-order valence-electron chi connectivity index (χ2n) is 10.7. The van der Waals surface area contributed by atoms with Crippen LogP contribution in [0.5, 0.6) is 0 Å². The van der Waals surface area contributed by atoms with Crippen molar-refractivity contribution in [2.75, 3.05) is 4.90 Å². The molecule has 0 saturated carbocycles. The Kier molecular flexibility index (Phi) is 5.17. The van der Waals surface area contributed by atoms with Crippen LogP contribution in [0.1, 0.15) is 22.3 Å². The largest absolute Gasteiger partial charge is 0.310 e. The summed E-state index contributed by atoms with van der Waals surface area (Å²) in [5.74, 6) is 0. The van der Waals surface area contributed by atoms with Gasteiger partial charge in [0, 0.05) is 5.69 Å². The molecular weight excluding hydrogens is 510 g/mol. The fourth-order valence-corrected chi connectivity index (χ4v) is 7.06. The minimum absolute atomic E-state index is 0.441. The second kappa shape index (κ2) is 9.07. The third-order valence-electron chi connectivity index (χ3n) is 8.65. The Hall–Kier alpha value is -5.90. The first-order chi connectivity index (χ1) is 20.7. The molecule has 1 aliphatic carbocycles. The Morgan fingerprint density at radius 2 is 0.952 bits per heavy atom. The molecule has 0 aromatic heterocycles. The van der Waals surface area contributed by atoms with Crippen LogP contribution in [-0.4, -0.2) is 0 Å². The maximum atomic E-state index is 7.54. The third-order valence-corrected chi connectivity index (χ3v) is 8.65. The summed E-state index contributed by atoms with van der Waals surface area (Å²) in [5, 5.41) is 0. The van der Waals surface area contributed by atoms with Gasteiger partial charge in [0.1, 0.15) is 0 Å². The summed E-state index contributed by atoms with van der Waals surface area (Å²) in [4.78, 5) is 9.58. The molecule has 0 radical (unpaired) electrons. The molecule has 6 aromatic rings. The summed E-state index contributed by atoms with van der Waals surface area (Å²) < 4.78 is 0. The number of fused-ring (bicyclic) bond motifs is 9. The lowest BCUT2D eigenvalue weighted by molar-refractivity contribution is 0.752. The van der Waals surface area contributed by atoms with Gasteiger partial charge in [-0.15, -0.1) is 0 Å². The minimum atomic E-state index is -0.441. The molecule has 0 unspecified atom stereocenters. The predicted octanol–water partition coefficient (Wildman–Crippen LogP) is 10.6.